The van der Waals surface area contributed by atoms with E-state index >= 15 is 0 Å². The van der Waals surface area contributed by atoms with Crippen molar-refractivity contribution in [3.05, 3.63) is 88.7 Å². The first-order chi connectivity index (χ1) is 14.8. The fraction of sp³-hybridized carbons (Fsp3) is 0.0909. The molecule has 0 bridgehead atoms. The molecule has 1 heterocycles. The highest BCUT2D eigenvalue weighted by molar-refractivity contribution is 6.07. The first-order valence-corrected chi connectivity index (χ1v) is 8.80. The van der Waals surface area contributed by atoms with Gasteiger partial charge in [0.25, 0.3) is 0 Å². The van der Waals surface area contributed by atoms with Crippen LogP contribution >= 0.6 is 0 Å². The summed E-state index contributed by atoms with van der Waals surface area (Å²) in [5.74, 6) is -1.91. The molecule has 0 saturated heterocycles. The number of hydrogen-bond acceptors (Lipinski definition) is 3. The lowest BCUT2D eigenvalue weighted by Gasteiger charge is -2.13. The van der Waals surface area contributed by atoms with Crippen LogP contribution in [0.4, 0.5) is 26.3 Å². The predicted octanol–water partition coefficient (Wildman–Crippen LogP) is 6.58. The van der Waals surface area contributed by atoms with Crippen molar-refractivity contribution in [2.24, 2.45) is 0 Å². The van der Waals surface area contributed by atoms with Crippen molar-refractivity contribution in [2.45, 2.75) is 12.4 Å². The zero-order valence-corrected chi connectivity index (χ0v) is 15.8. The van der Waals surface area contributed by atoms with Crippen LogP contribution in [0.2, 0.25) is 0 Å². The SMILES string of the molecule is O=C(O)c1ccc(C(=O)/C=C/c2ccc(-c3cc(C(F)(F)F)cc(C(F)(F)F)c3)o2)cc1. The Labute approximate surface area is 176 Å². The summed E-state index contributed by atoms with van der Waals surface area (Å²) in [6, 6.07) is 8.62. The molecule has 3 rings (SSSR count). The van der Waals surface area contributed by atoms with Crippen LogP contribution in [0.15, 0.2) is 65.1 Å². The molecule has 4 nitrogen and oxygen atoms in total. The van der Waals surface area contributed by atoms with Gasteiger partial charge >= 0.3 is 18.3 Å². The zero-order chi connectivity index (χ0) is 23.7. The van der Waals surface area contributed by atoms with E-state index in [0.717, 1.165) is 6.08 Å². The van der Waals surface area contributed by atoms with Gasteiger partial charge in [-0.3, -0.25) is 4.79 Å². The van der Waals surface area contributed by atoms with Gasteiger partial charge in [-0.1, -0.05) is 12.1 Å². The molecule has 0 aliphatic rings. The molecule has 2 aromatic carbocycles. The van der Waals surface area contributed by atoms with Crippen LogP contribution in [0.3, 0.4) is 0 Å². The molecule has 0 unspecified atom stereocenters. The molecular weight excluding hydrogens is 442 g/mol. The van der Waals surface area contributed by atoms with Crippen molar-refractivity contribution in [1.29, 1.82) is 0 Å². The molecule has 0 aliphatic carbocycles. The van der Waals surface area contributed by atoms with Crippen molar-refractivity contribution in [2.75, 3.05) is 0 Å². The van der Waals surface area contributed by atoms with Crippen molar-refractivity contribution >= 4 is 17.8 Å². The Bertz CT molecular complexity index is 1150. The molecule has 0 radical (unpaired) electrons. The van der Waals surface area contributed by atoms with E-state index in [1.165, 1.54) is 42.5 Å². The quantitative estimate of drug-likeness (QED) is 0.269. The lowest BCUT2D eigenvalue weighted by atomic mass is 10.0. The molecule has 0 atom stereocenters. The Balaban J connectivity index is 1.86. The second kappa shape index (κ2) is 8.37. The number of ketones is 1. The molecule has 1 N–H and O–H groups in total. The molecule has 0 saturated carbocycles. The summed E-state index contributed by atoms with van der Waals surface area (Å²) in [6.07, 6.45) is -7.72. The fourth-order valence-corrected chi connectivity index (χ4v) is 2.73. The zero-order valence-electron chi connectivity index (χ0n) is 15.8. The number of aromatic carboxylic acids is 1. The van der Waals surface area contributed by atoms with Gasteiger partial charge in [0.05, 0.1) is 16.7 Å². The highest BCUT2D eigenvalue weighted by atomic mass is 19.4. The monoisotopic (exact) mass is 454 g/mol. The number of carbonyl (C=O) groups excluding carboxylic acids is 1. The first kappa shape index (κ1) is 22.9. The van der Waals surface area contributed by atoms with Gasteiger partial charge in [-0.15, -0.1) is 0 Å². The van der Waals surface area contributed by atoms with Crippen LogP contribution in [-0.4, -0.2) is 16.9 Å². The highest BCUT2D eigenvalue weighted by Gasteiger charge is 2.37. The topological polar surface area (TPSA) is 67.5 Å². The van der Waals surface area contributed by atoms with Gasteiger partial charge in [-0.25, -0.2) is 4.79 Å². The molecule has 3 aromatic rings. The number of halogens is 6. The standard InChI is InChI=1S/C22H12F6O4/c23-21(24,25)15-9-14(10-16(11-15)22(26,27)28)19-8-6-17(32-19)5-7-18(29)12-1-3-13(4-2-12)20(30)31/h1-11H,(H,30,31)/b7-5+. The Morgan fingerprint density at radius 2 is 1.31 bits per heavy atom. The molecule has 10 heteroatoms. The maximum Gasteiger partial charge on any atom is 0.416 e. The minimum absolute atomic E-state index is 0.0134. The summed E-state index contributed by atoms with van der Waals surface area (Å²) >= 11 is 0. The molecule has 0 aliphatic heterocycles. The van der Waals surface area contributed by atoms with E-state index in [9.17, 15) is 35.9 Å². The minimum Gasteiger partial charge on any atom is -0.478 e. The smallest absolute Gasteiger partial charge is 0.416 e. The van der Waals surface area contributed by atoms with Crippen molar-refractivity contribution in [3.63, 3.8) is 0 Å². The van der Waals surface area contributed by atoms with Gasteiger partial charge < -0.3 is 9.52 Å². The van der Waals surface area contributed by atoms with Crippen molar-refractivity contribution in [1.82, 2.24) is 0 Å². The van der Waals surface area contributed by atoms with E-state index in [1.807, 2.05) is 0 Å². The molecular formula is C22H12F6O4. The Morgan fingerprint density at radius 3 is 1.81 bits per heavy atom. The lowest BCUT2D eigenvalue weighted by Crippen LogP contribution is -2.11. The highest BCUT2D eigenvalue weighted by Crippen LogP contribution is 2.39. The summed E-state index contributed by atoms with van der Waals surface area (Å²) in [5.41, 5.74) is -3.22. The number of rotatable bonds is 5. The van der Waals surface area contributed by atoms with Crippen LogP contribution in [0.5, 0.6) is 0 Å². The molecule has 32 heavy (non-hydrogen) atoms. The van der Waals surface area contributed by atoms with Gasteiger partial charge in [0, 0.05) is 11.1 Å². The van der Waals surface area contributed by atoms with Gasteiger partial charge in [0.1, 0.15) is 11.5 Å². The van der Waals surface area contributed by atoms with E-state index in [0.29, 0.717) is 12.1 Å². The summed E-state index contributed by atoms with van der Waals surface area (Å²) in [7, 11) is 0. The van der Waals surface area contributed by atoms with Gasteiger partial charge in [-0.2, -0.15) is 26.3 Å². The van der Waals surface area contributed by atoms with Crippen molar-refractivity contribution in [3.8, 4) is 11.3 Å². The van der Waals surface area contributed by atoms with E-state index in [4.69, 9.17) is 9.52 Å². The Hall–Kier alpha value is -3.82. The second-order valence-electron chi connectivity index (χ2n) is 6.58. The maximum atomic E-state index is 13.0. The maximum absolute atomic E-state index is 13.0. The average molecular weight is 454 g/mol. The number of allylic oxidation sites excluding steroid dienone is 1. The van der Waals surface area contributed by atoms with Gasteiger partial charge in [0.15, 0.2) is 5.78 Å². The lowest BCUT2D eigenvalue weighted by molar-refractivity contribution is -0.143. The molecule has 1 aromatic heterocycles. The number of hydrogen-bond donors (Lipinski definition) is 1. The van der Waals surface area contributed by atoms with Crippen LogP contribution in [-0.2, 0) is 12.4 Å². The van der Waals surface area contributed by atoms with Crippen LogP contribution in [0.25, 0.3) is 17.4 Å². The van der Waals surface area contributed by atoms with E-state index in [1.54, 1.807) is 0 Å². The number of furan rings is 1. The van der Waals surface area contributed by atoms with Gasteiger partial charge in [-0.05, 0) is 54.6 Å². The minimum atomic E-state index is -4.99. The number of benzene rings is 2. The number of carbonyl (C=O) groups is 2. The van der Waals surface area contributed by atoms with Crippen LogP contribution < -0.4 is 0 Å². The van der Waals surface area contributed by atoms with E-state index in [-0.39, 0.29) is 28.7 Å². The van der Waals surface area contributed by atoms with Crippen LogP contribution in [0, 0.1) is 0 Å². The summed E-state index contributed by atoms with van der Waals surface area (Å²) < 4.78 is 83.4. The van der Waals surface area contributed by atoms with Gasteiger partial charge in [0.2, 0.25) is 0 Å². The normalized spacial score (nSPS) is 12.3. The molecule has 0 fully saturated rings. The summed E-state index contributed by atoms with van der Waals surface area (Å²) in [5, 5.41) is 8.85. The molecule has 166 valence electrons. The number of alkyl halides is 6. The number of carboxylic acids is 1. The van der Waals surface area contributed by atoms with E-state index in [2.05, 4.69) is 0 Å². The Kier molecular flexibility index (Phi) is 5.98. The molecule has 0 spiro atoms. The largest absolute Gasteiger partial charge is 0.478 e. The third-order valence-corrected chi connectivity index (χ3v) is 4.31. The first-order valence-electron chi connectivity index (χ1n) is 8.80. The molecule has 0 amide bonds. The number of carboxylic acid groups (broad SMARTS) is 1. The van der Waals surface area contributed by atoms with Crippen LogP contribution in [0.1, 0.15) is 37.6 Å². The predicted molar refractivity (Wildman–Crippen MR) is 101 cm³/mol. The second-order valence-corrected chi connectivity index (χ2v) is 6.58. The fourth-order valence-electron chi connectivity index (χ4n) is 2.73. The van der Waals surface area contributed by atoms with E-state index < -0.39 is 40.8 Å². The average Bonchev–Trinajstić information content (AvgIpc) is 3.19. The van der Waals surface area contributed by atoms with Crippen molar-refractivity contribution < 1.29 is 45.5 Å². The summed E-state index contributed by atoms with van der Waals surface area (Å²) in [6.45, 7) is 0. The third-order valence-electron chi connectivity index (χ3n) is 4.31. The third kappa shape index (κ3) is 5.26. The Morgan fingerprint density at radius 1 is 0.781 bits per heavy atom. The summed E-state index contributed by atoms with van der Waals surface area (Å²) in [4.78, 5) is 23.0.